The van der Waals surface area contributed by atoms with E-state index in [1.54, 1.807) is 6.07 Å². The average Bonchev–Trinajstić information content (AvgIpc) is 2.32. The number of benzene rings is 1. The molecule has 18 heavy (non-hydrogen) atoms. The first-order chi connectivity index (χ1) is 8.42. The second kappa shape index (κ2) is 6.76. The van der Waals surface area contributed by atoms with Gasteiger partial charge in [0.15, 0.2) is 0 Å². The summed E-state index contributed by atoms with van der Waals surface area (Å²) in [6, 6.07) is 5.40. The summed E-state index contributed by atoms with van der Waals surface area (Å²) in [5, 5.41) is 1.30. The molecule has 0 radical (unpaired) electrons. The monoisotopic (exact) mass is 289 g/mol. The van der Waals surface area contributed by atoms with E-state index in [1.807, 2.05) is 26.0 Å². The Bertz CT molecular complexity index is 397. The lowest BCUT2D eigenvalue weighted by molar-refractivity contribution is -0.0461. The molecular weight excluding hydrogens is 269 g/mol. The van der Waals surface area contributed by atoms with Crippen LogP contribution in [0.1, 0.15) is 32.8 Å². The molecule has 2 atom stereocenters. The molecule has 0 aliphatic rings. The minimum Gasteiger partial charge on any atom is -0.374 e. The highest BCUT2D eigenvalue weighted by atomic mass is 35.5. The van der Waals surface area contributed by atoms with E-state index in [0.29, 0.717) is 23.1 Å². The largest absolute Gasteiger partial charge is 0.374 e. The molecule has 2 nitrogen and oxygen atoms in total. The van der Waals surface area contributed by atoms with E-state index in [-0.39, 0.29) is 11.6 Å². The van der Waals surface area contributed by atoms with Gasteiger partial charge in [-0.05, 0) is 44.4 Å². The molecule has 1 rings (SSSR count). The zero-order chi connectivity index (χ0) is 13.8. The van der Waals surface area contributed by atoms with Crippen LogP contribution in [-0.2, 0) is 11.2 Å². The van der Waals surface area contributed by atoms with E-state index in [1.165, 1.54) is 0 Å². The highest BCUT2D eigenvalue weighted by molar-refractivity contribution is 6.35. The van der Waals surface area contributed by atoms with Gasteiger partial charge in [-0.3, -0.25) is 0 Å². The zero-order valence-corrected chi connectivity index (χ0v) is 12.7. The highest BCUT2D eigenvalue weighted by Gasteiger charge is 2.30. The first-order valence-electron chi connectivity index (χ1n) is 6.26. The Morgan fingerprint density at radius 3 is 2.50 bits per heavy atom. The normalized spacial score (nSPS) is 16.3. The lowest BCUT2D eigenvalue weighted by Gasteiger charge is -2.34. The van der Waals surface area contributed by atoms with Crippen LogP contribution >= 0.6 is 23.2 Å². The van der Waals surface area contributed by atoms with Crippen LogP contribution in [0.3, 0.4) is 0 Å². The van der Waals surface area contributed by atoms with Gasteiger partial charge < -0.3 is 10.5 Å². The molecule has 0 heterocycles. The van der Waals surface area contributed by atoms with Crippen molar-refractivity contribution in [3.8, 4) is 0 Å². The van der Waals surface area contributed by atoms with Gasteiger partial charge in [-0.25, -0.2) is 0 Å². The molecule has 2 unspecified atom stereocenters. The van der Waals surface area contributed by atoms with E-state index < -0.39 is 0 Å². The topological polar surface area (TPSA) is 35.2 Å². The summed E-state index contributed by atoms with van der Waals surface area (Å²) in [7, 11) is 0. The summed E-state index contributed by atoms with van der Waals surface area (Å²) < 4.78 is 5.78. The van der Waals surface area contributed by atoms with Gasteiger partial charge in [0.1, 0.15) is 0 Å². The number of nitrogens with two attached hydrogens (primary N) is 1. The van der Waals surface area contributed by atoms with E-state index >= 15 is 0 Å². The fourth-order valence-electron chi connectivity index (χ4n) is 1.94. The van der Waals surface area contributed by atoms with Crippen molar-refractivity contribution >= 4 is 23.2 Å². The van der Waals surface area contributed by atoms with Crippen LogP contribution in [0.25, 0.3) is 0 Å². The number of ether oxygens (including phenoxy) is 1. The van der Waals surface area contributed by atoms with Crippen LogP contribution in [0.5, 0.6) is 0 Å². The van der Waals surface area contributed by atoms with Crippen molar-refractivity contribution in [3.05, 3.63) is 33.8 Å². The molecule has 0 amide bonds. The van der Waals surface area contributed by atoms with Crippen LogP contribution in [0.15, 0.2) is 18.2 Å². The predicted molar refractivity (Wildman–Crippen MR) is 78.5 cm³/mol. The summed E-state index contributed by atoms with van der Waals surface area (Å²) in [6.45, 7) is 6.77. The predicted octanol–water partition coefficient (Wildman–Crippen LogP) is 4.07. The maximum Gasteiger partial charge on any atom is 0.0805 e. The first kappa shape index (κ1) is 15.8. The second-order valence-corrected chi connectivity index (χ2v) is 5.49. The summed E-state index contributed by atoms with van der Waals surface area (Å²) in [5.74, 6) is 0. The minimum absolute atomic E-state index is 0.0962. The fourth-order valence-corrected chi connectivity index (χ4v) is 2.43. The highest BCUT2D eigenvalue weighted by Crippen LogP contribution is 2.26. The molecular formula is C14H21Cl2NO. The van der Waals surface area contributed by atoms with Crippen molar-refractivity contribution in [1.82, 2.24) is 0 Å². The van der Waals surface area contributed by atoms with Crippen LogP contribution in [0.2, 0.25) is 10.0 Å². The Morgan fingerprint density at radius 2 is 2.00 bits per heavy atom. The number of hydrogen-bond donors (Lipinski definition) is 1. The SMILES string of the molecule is CCOC(C)(CC)C(N)Cc1ccc(Cl)cc1Cl. The van der Waals surface area contributed by atoms with Gasteiger partial charge in [-0.15, -0.1) is 0 Å². The molecule has 102 valence electrons. The summed E-state index contributed by atoms with van der Waals surface area (Å²) in [5.41, 5.74) is 6.96. The van der Waals surface area contributed by atoms with Crippen molar-refractivity contribution in [3.63, 3.8) is 0 Å². The maximum atomic E-state index is 6.27. The maximum absolute atomic E-state index is 6.27. The third-order valence-electron chi connectivity index (χ3n) is 3.42. The van der Waals surface area contributed by atoms with Crippen molar-refractivity contribution in [2.45, 2.75) is 45.3 Å². The van der Waals surface area contributed by atoms with E-state index in [4.69, 9.17) is 33.7 Å². The van der Waals surface area contributed by atoms with Crippen molar-refractivity contribution in [1.29, 1.82) is 0 Å². The van der Waals surface area contributed by atoms with Crippen LogP contribution in [0.4, 0.5) is 0 Å². The fraction of sp³-hybridized carbons (Fsp3) is 0.571. The van der Waals surface area contributed by atoms with Crippen LogP contribution in [-0.4, -0.2) is 18.2 Å². The molecule has 0 aliphatic carbocycles. The number of hydrogen-bond acceptors (Lipinski definition) is 2. The quantitative estimate of drug-likeness (QED) is 0.857. The molecule has 0 saturated heterocycles. The minimum atomic E-state index is -0.322. The Hall–Kier alpha value is -0.280. The Kier molecular flexibility index (Phi) is 5.93. The smallest absolute Gasteiger partial charge is 0.0805 e. The molecule has 0 saturated carbocycles. The third kappa shape index (κ3) is 3.86. The molecule has 0 aliphatic heterocycles. The van der Waals surface area contributed by atoms with Gasteiger partial charge in [0.25, 0.3) is 0 Å². The van der Waals surface area contributed by atoms with Gasteiger partial charge in [0, 0.05) is 22.7 Å². The third-order valence-corrected chi connectivity index (χ3v) is 4.00. The lowest BCUT2D eigenvalue weighted by Crippen LogP contribution is -2.48. The summed E-state index contributed by atoms with van der Waals surface area (Å²) in [6.07, 6.45) is 1.55. The molecule has 0 aromatic heterocycles. The molecule has 0 fully saturated rings. The number of rotatable bonds is 6. The average molecular weight is 290 g/mol. The van der Waals surface area contributed by atoms with Gasteiger partial charge in [0.05, 0.1) is 5.60 Å². The molecule has 4 heteroatoms. The standard InChI is InChI=1S/C14H21Cl2NO/c1-4-14(3,18-5-2)13(17)8-10-6-7-11(15)9-12(10)16/h6-7,9,13H,4-5,8,17H2,1-3H3. The summed E-state index contributed by atoms with van der Waals surface area (Å²) in [4.78, 5) is 0. The molecule has 1 aromatic rings. The van der Waals surface area contributed by atoms with Gasteiger partial charge in [-0.1, -0.05) is 36.2 Å². The van der Waals surface area contributed by atoms with E-state index in [0.717, 1.165) is 12.0 Å². The number of halogens is 2. The Morgan fingerprint density at radius 1 is 1.33 bits per heavy atom. The van der Waals surface area contributed by atoms with E-state index in [2.05, 4.69) is 6.92 Å². The van der Waals surface area contributed by atoms with Gasteiger partial charge >= 0.3 is 0 Å². The van der Waals surface area contributed by atoms with Gasteiger partial charge in [-0.2, -0.15) is 0 Å². The van der Waals surface area contributed by atoms with Crippen LogP contribution in [0, 0.1) is 0 Å². The van der Waals surface area contributed by atoms with Crippen molar-refractivity contribution in [2.24, 2.45) is 5.73 Å². The van der Waals surface area contributed by atoms with Gasteiger partial charge in [0.2, 0.25) is 0 Å². The molecule has 1 aromatic carbocycles. The second-order valence-electron chi connectivity index (χ2n) is 4.65. The summed E-state index contributed by atoms with van der Waals surface area (Å²) >= 11 is 12.0. The Labute approximate surface area is 119 Å². The van der Waals surface area contributed by atoms with E-state index in [9.17, 15) is 0 Å². The molecule has 0 bridgehead atoms. The first-order valence-corrected chi connectivity index (χ1v) is 7.02. The molecule has 0 spiro atoms. The van der Waals surface area contributed by atoms with Crippen molar-refractivity contribution in [2.75, 3.05) is 6.61 Å². The van der Waals surface area contributed by atoms with Crippen molar-refractivity contribution < 1.29 is 4.74 Å². The zero-order valence-electron chi connectivity index (χ0n) is 11.2. The lowest BCUT2D eigenvalue weighted by atomic mass is 9.89. The van der Waals surface area contributed by atoms with Crippen LogP contribution < -0.4 is 5.73 Å². The molecule has 2 N–H and O–H groups in total. The Balaban J connectivity index is 2.82.